The minimum atomic E-state index is -1.21. The first-order valence-corrected chi connectivity index (χ1v) is 15.7. The van der Waals surface area contributed by atoms with Crippen molar-refractivity contribution in [3.8, 4) is 22.3 Å². The number of aliphatic carboxylic acids is 1. The van der Waals surface area contributed by atoms with Crippen molar-refractivity contribution in [3.05, 3.63) is 107 Å². The Kier molecular flexibility index (Phi) is 12.1. The number of benzene rings is 3. The molecule has 0 saturated carbocycles. The number of carbonyl (C=O) groups excluding carboxylic acids is 2. The summed E-state index contributed by atoms with van der Waals surface area (Å²) in [5.74, 6) is -2.34. The van der Waals surface area contributed by atoms with Gasteiger partial charge in [-0.05, 0) is 81.0 Å². The first-order chi connectivity index (χ1) is 22.5. The fourth-order valence-corrected chi connectivity index (χ4v) is 5.75. The average molecular weight is 645 g/mol. The van der Waals surface area contributed by atoms with Gasteiger partial charge in [0.15, 0.2) is 0 Å². The van der Waals surface area contributed by atoms with Crippen LogP contribution in [0.5, 0.6) is 0 Å². The maximum absolute atomic E-state index is 14.2. The van der Waals surface area contributed by atoms with Gasteiger partial charge in [-0.3, -0.25) is 9.59 Å². The number of esters is 1. The van der Waals surface area contributed by atoms with Crippen molar-refractivity contribution in [2.75, 3.05) is 6.61 Å². The number of halogens is 1. The Balaban J connectivity index is 1.79. The Bertz CT molecular complexity index is 1670. The van der Waals surface area contributed by atoms with Crippen LogP contribution in [0.25, 0.3) is 22.3 Å². The summed E-state index contributed by atoms with van der Waals surface area (Å²) in [4.78, 5) is 37.3. The third kappa shape index (κ3) is 8.93. The lowest BCUT2D eigenvalue weighted by atomic mass is 9.92. The third-order valence-corrected chi connectivity index (χ3v) is 7.82. The molecular formula is C37H41FN2O7. The van der Waals surface area contributed by atoms with Gasteiger partial charge in [0, 0.05) is 29.4 Å². The molecule has 4 aromatic rings. The zero-order chi connectivity index (χ0) is 34.1. The SMILES string of the molecule is CCOC(=O)c1ccc(CNC(=O)c2c(-c3ccccc3)c(-c3ccc(F)cc3)c(CC[C@@H](O)C[C@@H](O)CC(=O)O)n2C(C)C)cc1. The number of nitrogens with zero attached hydrogens (tertiary/aromatic N) is 1. The monoisotopic (exact) mass is 644 g/mol. The molecule has 248 valence electrons. The second-order valence-corrected chi connectivity index (χ2v) is 11.7. The standard InChI is InChI=1S/C37H41FN2O7/c1-4-47-37(46)27-12-10-24(11-13-27)22-39-36(45)35-34(25-8-6-5-7-9-25)33(26-14-16-28(38)17-15-26)31(40(35)23(2)3)19-18-29(41)20-30(42)21-32(43)44/h5-17,23,29-30,41-42H,4,18-22H2,1-3H3,(H,39,45)(H,43,44)/t29-,30-/m1/s1. The van der Waals surface area contributed by atoms with Crippen molar-refractivity contribution < 1.29 is 38.8 Å². The normalized spacial score (nSPS) is 12.5. The number of amides is 1. The van der Waals surface area contributed by atoms with Gasteiger partial charge in [-0.2, -0.15) is 0 Å². The van der Waals surface area contributed by atoms with Crippen LogP contribution in [0.4, 0.5) is 4.39 Å². The van der Waals surface area contributed by atoms with Gasteiger partial charge in [-0.25, -0.2) is 9.18 Å². The first-order valence-electron chi connectivity index (χ1n) is 15.7. The largest absolute Gasteiger partial charge is 0.481 e. The minimum Gasteiger partial charge on any atom is -0.481 e. The van der Waals surface area contributed by atoms with Crippen LogP contribution in [0.2, 0.25) is 0 Å². The number of hydrogen-bond acceptors (Lipinski definition) is 6. The lowest BCUT2D eigenvalue weighted by Crippen LogP contribution is -2.27. The molecule has 0 unspecified atom stereocenters. The van der Waals surface area contributed by atoms with Gasteiger partial charge in [0.05, 0.1) is 30.8 Å². The second-order valence-electron chi connectivity index (χ2n) is 11.7. The molecule has 3 aromatic carbocycles. The summed E-state index contributed by atoms with van der Waals surface area (Å²) in [5.41, 5.74) is 5.14. The highest BCUT2D eigenvalue weighted by Crippen LogP contribution is 2.42. The lowest BCUT2D eigenvalue weighted by Gasteiger charge is -2.20. The van der Waals surface area contributed by atoms with E-state index in [-0.39, 0.29) is 44.4 Å². The highest BCUT2D eigenvalue weighted by Gasteiger charge is 2.30. The molecule has 10 heteroatoms. The van der Waals surface area contributed by atoms with Crippen LogP contribution in [0, 0.1) is 5.82 Å². The van der Waals surface area contributed by atoms with Gasteiger partial charge in [0.25, 0.3) is 5.91 Å². The molecule has 1 aromatic heterocycles. The molecule has 4 rings (SSSR count). The molecule has 0 saturated heterocycles. The Morgan fingerprint density at radius 3 is 2.11 bits per heavy atom. The fourth-order valence-electron chi connectivity index (χ4n) is 5.75. The molecular weight excluding hydrogens is 603 g/mol. The number of carboxylic acids is 1. The number of carbonyl (C=O) groups is 3. The highest BCUT2D eigenvalue weighted by atomic mass is 19.1. The van der Waals surface area contributed by atoms with E-state index in [1.54, 1.807) is 43.3 Å². The second kappa shape index (κ2) is 16.2. The van der Waals surface area contributed by atoms with E-state index < -0.39 is 36.4 Å². The smallest absolute Gasteiger partial charge is 0.338 e. The summed E-state index contributed by atoms with van der Waals surface area (Å²) in [6.07, 6.45) is -2.33. The summed E-state index contributed by atoms with van der Waals surface area (Å²) >= 11 is 0. The third-order valence-electron chi connectivity index (χ3n) is 7.82. The minimum absolute atomic E-state index is 0.117. The molecule has 1 heterocycles. The first kappa shape index (κ1) is 35.1. The maximum Gasteiger partial charge on any atom is 0.338 e. The predicted octanol–water partition coefficient (Wildman–Crippen LogP) is 6.17. The van der Waals surface area contributed by atoms with E-state index in [4.69, 9.17) is 9.84 Å². The molecule has 0 fully saturated rings. The number of hydrogen-bond donors (Lipinski definition) is 4. The van der Waals surface area contributed by atoms with E-state index in [2.05, 4.69) is 5.32 Å². The van der Waals surface area contributed by atoms with Crippen molar-refractivity contribution >= 4 is 17.8 Å². The Labute approximate surface area is 273 Å². The Morgan fingerprint density at radius 1 is 0.872 bits per heavy atom. The van der Waals surface area contributed by atoms with Gasteiger partial charge in [0.2, 0.25) is 0 Å². The van der Waals surface area contributed by atoms with E-state index in [1.165, 1.54) is 12.1 Å². The summed E-state index contributed by atoms with van der Waals surface area (Å²) in [6, 6.07) is 22.0. The maximum atomic E-state index is 14.2. The van der Waals surface area contributed by atoms with Crippen LogP contribution in [0.1, 0.15) is 78.2 Å². The van der Waals surface area contributed by atoms with E-state index in [9.17, 15) is 29.0 Å². The number of nitrogens with one attached hydrogen (secondary N) is 1. The molecule has 0 spiro atoms. The van der Waals surface area contributed by atoms with Crippen molar-refractivity contribution in [1.29, 1.82) is 0 Å². The molecule has 1 amide bonds. The van der Waals surface area contributed by atoms with Crippen LogP contribution < -0.4 is 5.32 Å². The van der Waals surface area contributed by atoms with Gasteiger partial charge in [-0.1, -0.05) is 54.6 Å². The average Bonchev–Trinajstić information content (AvgIpc) is 3.39. The van der Waals surface area contributed by atoms with Crippen LogP contribution in [0.3, 0.4) is 0 Å². The van der Waals surface area contributed by atoms with Crippen molar-refractivity contribution in [2.24, 2.45) is 0 Å². The number of carboxylic acid groups (broad SMARTS) is 1. The van der Waals surface area contributed by atoms with Crippen LogP contribution in [-0.2, 0) is 22.5 Å². The van der Waals surface area contributed by atoms with E-state index in [0.29, 0.717) is 27.9 Å². The van der Waals surface area contributed by atoms with Gasteiger partial charge >= 0.3 is 11.9 Å². The molecule has 0 aliphatic heterocycles. The summed E-state index contributed by atoms with van der Waals surface area (Å²) < 4.78 is 21.1. The summed E-state index contributed by atoms with van der Waals surface area (Å²) in [6.45, 7) is 6.08. The van der Waals surface area contributed by atoms with Crippen molar-refractivity contribution in [1.82, 2.24) is 9.88 Å². The summed E-state index contributed by atoms with van der Waals surface area (Å²) in [5, 5.41) is 33.0. The van der Waals surface area contributed by atoms with Crippen molar-refractivity contribution in [2.45, 2.75) is 71.2 Å². The van der Waals surface area contributed by atoms with E-state index in [1.807, 2.05) is 48.7 Å². The van der Waals surface area contributed by atoms with Gasteiger partial charge < -0.3 is 29.9 Å². The van der Waals surface area contributed by atoms with Gasteiger partial charge in [0.1, 0.15) is 11.5 Å². The predicted molar refractivity (Wildman–Crippen MR) is 176 cm³/mol. The number of aliphatic hydroxyl groups is 2. The van der Waals surface area contributed by atoms with Gasteiger partial charge in [-0.15, -0.1) is 0 Å². The molecule has 9 nitrogen and oxygen atoms in total. The van der Waals surface area contributed by atoms with E-state index in [0.717, 1.165) is 16.8 Å². The molecule has 0 radical (unpaired) electrons. The number of ether oxygens (including phenoxy) is 1. The zero-order valence-electron chi connectivity index (χ0n) is 26.8. The quantitative estimate of drug-likeness (QED) is 0.114. The molecule has 2 atom stereocenters. The van der Waals surface area contributed by atoms with Crippen LogP contribution in [-0.4, -0.2) is 56.5 Å². The highest BCUT2D eigenvalue weighted by molar-refractivity contribution is 6.05. The number of aromatic nitrogens is 1. The molecule has 4 N–H and O–H groups in total. The molecule has 47 heavy (non-hydrogen) atoms. The summed E-state index contributed by atoms with van der Waals surface area (Å²) in [7, 11) is 0. The lowest BCUT2D eigenvalue weighted by molar-refractivity contribution is -0.139. The zero-order valence-corrected chi connectivity index (χ0v) is 26.8. The Hall–Kier alpha value is -4.80. The fraction of sp³-hybridized carbons (Fsp3) is 0.324. The topological polar surface area (TPSA) is 138 Å². The number of rotatable bonds is 15. The molecule has 0 bridgehead atoms. The van der Waals surface area contributed by atoms with Crippen LogP contribution in [0.15, 0.2) is 78.9 Å². The van der Waals surface area contributed by atoms with Crippen molar-refractivity contribution in [3.63, 3.8) is 0 Å². The van der Waals surface area contributed by atoms with Crippen LogP contribution >= 0.6 is 0 Å². The molecule has 0 aliphatic carbocycles. The molecule has 0 aliphatic rings. The Morgan fingerprint density at radius 2 is 1.51 bits per heavy atom. The number of aliphatic hydroxyl groups excluding tert-OH is 2. The van der Waals surface area contributed by atoms with E-state index >= 15 is 0 Å².